The van der Waals surface area contributed by atoms with Gasteiger partial charge in [0.15, 0.2) is 0 Å². The molecule has 0 aromatic heterocycles. The molecule has 2 saturated heterocycles. The maximum Gasteiger partial charge on any atom is 0.246 e. The number of unbranched alkanes of at least 4 members (excludes halogenated alkanes) is 1. The van der Waals surface area contributed by atoms with Crippen molar-refractivity contribution in [3.8, 4) is 5.75 Å². The van der Waals surface area contributed by atoms with Gasteiger partial charge in [0.1, 0.15) is 48.0 Å². The molecule has 2 aliphatic heterocycles. The summed E-state index contributed by atoms with van der Waals surface area (Å²) in [6.45, 7) is -1.63. The van der Waals surface area contributed by atoms with E-state index in [1.807, 2.05) is 0 Å². The van der Waals surface area contributed by atoms with Gasteiger partial charge in [0.05, 0.1) is 32.6 Å². The molecule has 14 amide bonds. The molecule has 0 radical (unpaired) electrons. The predicted octanol–water partition coefficient (Wildman–Crippen LogP) is -5.92. The van der Waals surface area contributed by atoms with Crippen molar-refractivity contribution in [1.29, 1.82) is 0 Å². The summed E-state index contributed by atoms with van der Waals surface area (Å²) in [5, 5.41) is 35.0. The van der Waals surface area contributed by atoms with Gasteiger partial charge in [0.2, 0.25) is 82.7 Å². The fraction of sp³-hybridized carbons (Fsp3) is 0.500. The summed E-state index contributed by atoms with van der Waals surface area (Å²) < 4.78 is 0. The minimum Gasteiger partial charge on any atom is -0.508 e. The number of likely N-dealkylation sites (tertiary alicyclic amines) is 1. The second-order valence-electron chi connectivity index (χ2n) is 19.5. The van der Waals surface area contributed by atoms with Crippen molar-refractivity contribution in [3.63, 3.8) is 0 Å². The normalized spacial score (nSPS) is 20.4. The fourth-order valence-corrected chi connectivity index (χ4v) is 10.7. The maximum absolute atomic E-state index is 14.7. The summed E-state index contributed by atoms with van der Waals surface area (Å²) in [4.78, 5) is 186. The fourth-order valence-electron chi connectivity index (χ4n) is 8.54. The van der Waals surface area contributed by atoms with E-state index in [1.165, 1.54) is 17.0 Å². The number of rotatable bonds is 25. The van der Waals surface area contributed by atoms with Gasteiger partial charge in [-0.1, -0.05) is 64.1 Å². The highest BCUT2D eigenvalue weighted by Gasteiger charge is 2.40. The Morgan fingerprint density at radius 1 is 0.643 bits per heavy atom. The van der Waals surface area contributed by atoms with Crippen LogP contribution in [0.1, 0.15) is 68.9 Å². The first-order valence-electron chi connectivity index (χ1n) is 26.8. The molecule has 2 fully saturated rings. The third-order valence-corrected chi connectivity index (χ3v) is 15.3. The number of aromatic hydroxyl groups is 1. The number of carbonyl (C=O) groups is 14. The summed E-state index contributed by atoms with van der Waals surface area (Å²) in [5.41, 5.74) is 22.5. The van der Waals surface area contributed by atoms with Gasteiger partial charge < -0.3 is 86.1 Å². The third-order valence-electron chi connectivity index (χ3n) is 12.9. The number of phenolic OH excluding ortho intramolecular Hbond substituents is 1. The Morgan fingerprint density at radius 2 is 1.24 bits per heavy atom. The van der Waals surface area contributed by atoms with Gasteiger partial charge in [-0.25, -0.2) is 0 Å². The van der Waals surface area contributed by atoms with Crippen LogP contribution in [-0.2, 0) is 80.0 Å². The molecule has 2 heterocycles. The molecule has 4 rings (SSSR count). The van der Waals surface area contributed by atoms with Crippen molar-refractivity contribution in [2.75, 3.05) is 50.8 Å². The van der Waals surface area contributed by atoms with Gasteiger partial charge in [-0.05, 0) is 61.8 Å². The van der Waals surface area contributed by atoms with Crippen LogP contribution in [0.5, 0.6) is 5.75 Å². The number of nitrogens with two attached hydrogens (primary N) is 4. The van der Waals surface area contributed by atoms with E-state index in [0.717, 1.165) is 21.6 Å². The standard InChI is InChI=1S/C52H73N15O15S2/c53-24-43(73)58-27-45(75)59-26-44(74)57-18-5-4-9-32(46(76)60-25-41(56)71)63-51(81)38-10-6-19-67(38)52(82)37-28-84-83-20-17-42(72)61-34(22-30-11-13-31(68)14-12-30)48(78)64-35(21-29-7-2-1-3-8-29)49(79)62-33(15-16-39(54)69)47(77)65-36(23-40(55)70)50(80)66-37/h1-3,7-8,11-14,32-38,68H,4-6,9-10,15-28,53H2,(H2,54,69)(H2,55,70)(H2,56,71)(H,57,74)(H,58,73)(H,59,75)(H,60,76)(H,61,72)(H,62,79)(H,63,81)(H,64,78)(H,65,77)(H,66,80). The summed E-state index contributed by atoms with van der Waals surface area (Å²) in [6, 6.07) is 4.14. The van der Waals surface area contributed by atoms with Crippen LogP contribution in [0, 0.1) is 0 Å². The van der Waals surface area contributed by atoms with E-state index in [4.69, 9.17) is 22.9 Å². The maximum atomic E-state index is 14.7. The number of nitrogens with one attached hydrogen (secondary N) is 10. The summed E-state index contributed by atoms with van der Waals surface area (Å²) in [6.07, 6.45) is -1.34. The summed E-state index contributed by atoms with van der Waals surface area (Å²) in [5.74, 6) is -11.7. The van der Waals surface area contributed by atoms with Gasteiger partial charge in [0, 0.05) is 50.3 Å². The molecule has 0 spiro atoms. The topological polar surface area (TPSA) is 487 Å². The molecular formula is C52H73N15O15S2. The molecule has 84 heavy (non-hydrogen) atoms. The monoisotopic (exact) mass is 1210 g/mol. The second-order valence-corrected chi connectivity index (χ2v) is 22.1. The van der Waals surface area contributed by atoms with E-state index in [1.54, 1.807) is 42.5 Å². The second kappa shape index (κ2) is 35.5. The minimum absolute atomic E-state index is 0.0187. The van der Waals surface area contributed by atoms with Crippen LogP contribution in [0.2, 0.25) is 0 Å². The molecule has 2 aromatic carbocycles. The Balaban J connectivity index is 1.59. The molecular weight excluding hydrogens is 1140 g/mol. The van der Waals surface area contributed by atoms with Crippen molar-refractivity contribution >= 4 is 104 Å². The molecule has 0 bridgehead atoms. The van der Waals surface area contributed by atoms with E-state index in [0.29, 0.717) is 11.1 Å². The van der Waals surface area contributed by atoms with Crippen molar-refractivity contribution < 1.29 is 72.2 Å². The largest absolute Gasteiger partial charge is 0.508 e. The van der Waals surface area contributed by atoms with Crippen LogP contribution < -0.4 is 76.1 Å². The first-order valence-corrected chi connectivity index (χ1v) is 29.3. The number of amides is 14. The Hall–Kier alpha value is -8.52. The van der Waals surface area contributed by atoms with Crippen LogP contribution >= 0.6 is 21.6 Å². The zero-order chi connectivity index (χ0) is 61.7. The van der Waals surface area contributed by atoms with E-state index in [9.17, 15) is 72.2 Å². The first kappa shape index (κ1) is 68.0. The summed E-state index contributed by atoms with van der Waals surface area (Å²) >= 11 is 0. The number of nitrogens with zero attached hydrogens (tertiary/aromatic N) is 1. The molecule has 2 aliphatic rings. The molecule has 0 saturated carbocycles. The third kappa shape index (κ3) is 24.5. The van der Waals surface area contributed by atoms with Crippen molar-refractivity contribution in [3.05, 3.63) is 65.7 Å². The Bertz CT molecular complexity index is 2690. The smallest absolute Gasteiger partial charge is 0.246 e. The Labute approximate surface area is 490 Å². The molecule has 458 valence electrons. The van der Waals surface area contributed by atoms with Crippen LogP contribution in [0.4, 0.5) is 0 Å². The highest BCUT2D eigenvalue weighted by molar-refractivity contribution is 8.76. The molecule has 7 unspecified atom stereocenters. The molecule has 32 heteroatoms. The van der Waals surface area contributed by atoms with Gasteiger partial charge in [-0.3, -0.25) is 67.1 Å². The average Bonchev–Trinajstić information content (AvgIpc) is 3.84. The molecule has 7 atom stereocenters. The van der Waals surface area contributed by atoms with Gasteiger partial charge >= 0.3 is 0 Å². The zero-order valence-corrected chi connectivity index (χ0v) is 47.5. The van der Waals surface area contributed by atoms with E-state index < -0.39 is 157 Å². The molecule has 30 nitrogen and oxygen atoms in total. The van der Waals surface area contributed by atoms with Gasteiger partial charge in [-0.2, -0.15) is 0 Å². The van der Waals surface area contributed by atoms with Crippen molar-refractivity contribution in [2.24, 2.45) is 22.9 Å². The molecule has 2 aromatic rings. The van der Waals surface area contributed by atoms with E-state index in [2.05, 4.69) is 53.2 Å². The van der Waals surface area contributed by atoms with Crippen LogP contribution in [0.15, 0.2) is 54.6 Å². The van der Waals surface area contributed by atoms with Crippen LogP contribution in [0.3, 0.4) is 0 Å². The lowest BCUT2D eigenvalue weighted by atomic mass is 10.0. The quantitative estimate of drug-likeness (QED) is 0.0325. The zero-order valence-electron chi connectivity index (χ0n) is 45.9. The SMILES string of the molecule is NCC(=O)NCC(=O)NCC(=O)NCCCCC(NC(=O)C1CCCN1C(=O)C1CSSCCC(=O)NC(Cc2ccc(O)cc2)C(=O)NC(Cc2ccccc2)C(=O)NC(CCC(N)=O)C(=O)NC(CC(N)=O)C(=O)N1)C(=O)NCC(N)=O. The highest BCUT2D eigenvalue weighted by Crippen LogP contribution is 2.26. The van der Waals surface area contributed by atoms with Gasteiger partial charge in [0.25, 0.3) is 0 Å². The Kier molecular flexibility index (Phi) is 28.7. The first-order chi connectivity index (χ1) is 40.0. The van der Waals surface area contributed by atoms with Crippen LogP contribution in [-0.4, -0.2) is 186 Å². The van der Waals surface area contributed by atoms with E-state index in [-0.39, 0.29) is 94.8 Å². The lowest BCUT2D eigenvalue weighted by Gasteiger charge is -2.31. The Morgan fingerprint density at radius 3 is 1.88 bits per heavy atom. The highest BCUT2D eigenvalue weighted by atomic mass is 33.1. The number of primary amides is 3. The number of phenols is 1. The lowest BCUT2D eigenvalue weighted by molar-refractivity contribution is -0.142. The predicted molar refractivity (Wildman–Crippen MR) is 304 cm³/mol. The molecule has 19 N–H and O–H groups in total. The molecule has 0 aliphatic carbocycles. The number of hydrogen-bond donors (Lipinski definition) is 15. The average molecular weight is 1210 g/mol. The summed E-state index contributed by atoms with van der Waals surface area (Å²) in [7, 11) is 2.14. The van der Waals surface area contributed by atoms with Crippen molar-refractivity contribution in [2.45, 2.75) is 113 Å². The number of benzene rings is 2. The minimum atomic E-state index is -1.81. The lowest BCUT2D eigenvalue weighted by Crippen LogP contribution is -2.61. The number of carbonyl (C=O) groups excluding carboxylic acids is 14. The van der Waals surface area contributed by atoms with Gasteiger partial charge in [-0.15, -0.1) is 0 Å². The van der Waals surface area contributed by atoms with Crippen molar-refractivity contribution in [1.82, 2.24) is 58.1 Å². The van der Waals surface area contributed by atoms with Crippen LogP contribution in [0.25, 0.3) is 0 Å². The number of hydrogen-bond acceptors (Lipinski definition) is 18. The van der Waals surface area contributed by atoms with E-state index >= 15 is 0 Å².